The smallest absolute Gasteiger partial charge is 0.221 e. The van der Waals surface area contributed by atoms with Crippen molar-refractivity contribution in [1.82, 2.24) is 10.3 Å². The number of fused-ring (bicyclic) bond motifs is 2. The van der Waals surface area contributed by atoms with Gasteiger partial charge in [0.25, 0.3) is 0 Å². The Morgan fingerprint density at radius 3 is 3.11 bits per heavy atom. The minimum absolute atomic E-state index is 0.0444. The molecule has 1 aliphatic carbocycles. The number of nitrogens with one attached hydrogen (secondary N) is 2. The molecular weight excluding hydrogens is 238 g/mol. The van der Waals surface area contributed by atoms with E-state index in [0.717, 1.165) is 12.8 Å². The molecule has 1 aromatic heterocycles. The van der Waals surface area contributed by atoms with Crippen LogP contribution in [0.5, 0.6) is 0 Å². The first-order valence-corrected chi connectivity index (χ1v) is 6.85. The number of H-pyrrole nitrogens is 1. The molecule has 1 unspecified atom stereocenters. The summed E-state index contributed by atoms with van der Waals surface area (Å²) in [5, 5.41) is 4.87. The Hall–Kier alpha value is -1.81. The molecule has 98 valence electrons. The van der Waals surface area contributed by atoms with E-state index in [9.17, 15) is 4.79 Å². The van der Waals surface area contributed by atoms with E-state index in [1.54, 1.807) is 0 Å². The van der Waals surface area contributed by atoms with Crippen LogP contribution in [0.4, 0.5) is 0 Å². The fraction of sp³-hybridized carbons (Fsp3) is 0.400. The number of hydrogen-bond donors (Lipinski definition) is 3. The minimum atomic E-state index is -0.182. The Labute approximate surface area is 111 Å². The number of aromatic nitrogens is 1. The SMILES string of the molecule is NC(=O)[C@H]1CN[C@@H]2Cc3c[nH]c4cccc(c34)C2C1. The van der Waals surface area contributed by atoms with Crippen LogP contribution < -0.4 is 11.1 Å². The zero-order valence-corrected chi connectivity index (χ0v) is 10.6. The molecule has 1 aliphatic heterocycles. The second-order valence-electron chi connectivity index (χ2n) is 5.74. The quantitative estimate of drug-likeness (QED) is 0.718. The molecule has 4 N–H and O–H groups in total. The number of amides is 1. The Balaban J connectivity index is 1.82. The molecule has 0 spiro atoms. The first kappa shape index (κ1) is 11.1. The van der Waals surface area contributed by atoms with Crippen molar-refractivity contribution < 1.29 is 4.79 Å². The van der Waals surface area contributed by atoms with Gasteiger partial charge in [0.15, 0.2) is 0 Å². The second-order valence-corrected chi connectivity index (χ2v) is 5.74. The summed E-state index contributed by atoms with van der Waals surface area (Å²) in [6.45, 7) is 0.715. The highest BCUT2D eigenvalue weighted by atomic mass is 16.1. The van der Waals surface area contributed by atoms with Crippen molar-refractivity contribution in [3.05, 3.63) is 35.5 Å². The number of carbonyl (C=O) groups is 1. The number of benzene rings is 1. The first-order chi connectivity index (χ1) is 9.24. The molecular formula is C15H17N3O. The van der Waals surface area contributed by atoms with Crippen LogP contribution in [-0.2, 0) is 11.2 Å². The van der Waals surface area contributed by atoms with Crippen LogP contribution in [0.2, 0.25) is 0 Å². The van der Waals surface area contributed by atoms with Gasteiger partial charge in [0.2, 0.25) is 5.91 Å². The van der Waals surface area contributed by atoms with E-state index < -0.39 is 0 Å². The maximum absolute atomic E-state index is 11.4. The Morgan fingerprint density at radius 1 is 1.37 bits per heavy atom. The fourth-order valence-corrected chi connectivity index (χ4v) is 3.76. The molecule has 1 aromatic carbocycles. The predicted molar refractivity (Wildman–Crippen MR) is 73.8 cm³/mol. The maximum Gasteiger partial charge on any atom is 0.221 e. The van der Waals surface area contributed by atoms with Crippen LogP contribution in [0.3, 0.4) is 0 Å². The van der Waals surface area contributed by atoms with Gasteiger partial charge in [-0.3, -0.25) is 4.79 Å². The van der Waals surface area contributed by atoms with E-state index >= 15 is 0 Å². The van der Waals surface area contributed by atoms with Crippen molar-refractivity contribution >= 4 is 16.8 Å². The number of hydrogen-bond acceptors (Lipinski definition) is 2. The van der Waals surface area contributed by atoms with E-state index in [0.29, 0.717) is 18.5 Å². The fourth-order valence-electron chi connectivity index (χ4n) is 3.76. The van der Waals surface area contributed by atoms with Crippen LogP contribution in [0.15, 0.2) is 24.4 Å². The van der Waals surface area contributed by atoms with E-state index in [4.69, 9.17) is 5.73 Å². The summed E-state index contributed by atoms with van der Waals surface area (Å²) >= 11 is 0. The molecule has 0 bridgehead atoms. The van der Waals surface area contributed by atoms with Gasteiger partial charge in [-0.05, 0) is 30.0 Å². The third-order valence-electron chi connectivity index (χ3n) is 4.71. The van der Waals surface area contributed by atoms with Crippen molar-refractivity contribution in [2.75, 3.05) is 6.54 Å². The van der Waals surface area contributed by atoms with Crippen molar-refractivity contribution in [1.29, 1.82) is 0 Å². The van der Waals surface area contributed by atoms with Crippen molar-refractivity contribution in [3.63, 3.8) is 0 Å². The van der Waals surface area contributed by atoms with E-state index in [2.05, 4.69) is 34.7 Å². The summed E-state index contributed by atoms with van der Waals surface area (Å²) < 4.78 is 0. The largest absolute Gasteiger partial charge is 0.369 e. The lowest BCUT2D eigenvalue weighted by Gasteiger charge is -2.39. The van der Waals surface area contributed by atoms with Gasteiger partial charge in [0, 0.05) is 35.6 Å². The molecule has 3 atom stereocenters. The highest BCUT2D eigenvalue weighted by Crippen LogP contribution is 2.41. The summed E-state index contributed by atoms with van der Waals surface area (Å²) in [6.07, 6.45) is 4.02. The number of rotatable bonds is 1. The number of nitrogens with two attached hydrogens (primary N) is 1. The van der Waals surface area contributed by atoms with Crippen LogP contribution >= 0.6 is 0 Å². The van der Waals surface area contributed by atoms with Gasteiger partial charge < -0.3 is 16.0 Å². The van der Waals surface area contributed by atoms with Gasteiger partial charge in [-0.15, -0.1) is 0 Å². The lowest BCUT2D eigenvalue weighted by molar-refractivity contribution is -0.122. The highest BCUT2D eigenvalue weighted by Gasteiger charge is 2.37. The Morgan fingerprint density at radius 2 is 2.26 bits per heavy atom. The van der Waals surface area contributed by atoms with Gasteiger partial charge in [-0.25, -0.2) is 0 Å². The summed E-state index contributed by atoms with van der Waals surface area (Å²) in [5.74, 6) is 0.174. The molecule has 0 saturated carbocycles. The molecule has 1 saturated heterocycles. The molecule has 4 nitrogen and oxygen atoms in total. The van der Waals surface area contributed by atoms with Gasteiger partial charge in [-0.2, -0.15) is 0 Å². The highest BCUT2D eigenvalue weighted by molar-refractivity contribution is 5.88. The molecule has 2 aromatic rings. The van der Waals surface area contributed by atoms with Crippen LogP contribution in [0.25, 0.3) is 10.9 Å². The zero-order chi connectivity index (χ0) is 13.0. The van der Waals surface area contributed by atoms with Crippen molar-refractivity contribution in [2.45, 2.75) is 24.8 Å². The lowest BCUT2D eigenvalue weighted by Crippen LogP contribution is -2.49. The number of aromatic amines is 1. The van der Waals surface area contributed by atoms with Gasteiger partial charge >= 0.3 is 0 Å². The molecule has 0 radical (unpaired) electrons. The van der Waals surface area contributed by atoms with Crippen LogP contribution in [-0.4, -0.2) is 23.5 Å². The molecule has 4 rings (SSSR count). The summed E-state index contributed by atoms with van der Waals surface area (Å²) in [6, 6.07) is 6.84. The summed E-state index contributed by atoms with van der Waals surface area (Å²) in [7, 11) is 0. The molecule has 1 amide bonds. The monoisotopic (exact) mass is 255 g/mol. The third kappa shape index (κ3) is 1.53. The number of primary amides is 1. The molecule has 19 heavy (non-hydrogen) atoms. The molecule has 2 heterocycles. The van der Waals surface area contributed by atoms with Crippen LogP contribution in [0, 0.1) is 5.92 Å². The lowest BCUT2D eigenvalue weighted by atomic mass is 9.73. The first-order valence-electron chi connectivity index (χ1n) is 6.85. The topological polar surface area (TPSA) is 70.9 Å². The maximum atomic E-state index is 11.4. The van der Waals surface area contributed by atoms with Crippen molar-refractivity contribution in [2.24, 2.45) is 11.7 Å². The van der Waals surface area contributed by atoms with Gasteiger partial charge in [0.1, 0.15) is 0 Å². The van der Waals surface area contributed by atoms with E-state index in [1.165, 1.54) is 22.0 Å². The van der Waals surface area contributed by atoms with E-state index in [1.807, 2.05) is 0 Å². The van der Waals surface area contributed by atoms with Gasteiger partial charge in [-0.1, -0.05) is 12.1 Å². The molecule has 4 heteroatoms. The normalized spacial score (nSPS) is 29.2. The van der Waals surface area contributed by atoms with Crippen LogP contribution in [0.1, 0.15) is 23.5 Å². The van der Waals surface area contributed by atoms with E-state index in [-0.39, 0.29) is 11.8 Å². The standard InChI is InChI=1S/C15H17N3O/c16-15(19)9-4-11-10-2-1-3-12-14(10)8(6-17-12)5-13(11)18-7-9/h1-3,6,9,11,13,17-18H,4-5,7H2,(H2,16,19)/t9-,11?,13-/m1/s1. The second kappa shape index (κ2) is 3.84. The number of piperidine rings is 1. The minimum Gasteiger partial charge on any atom is -0.369 e. The third-order valence-corrected chi connectivity index (χ3v) is 4.71. The Kier molecular flexibility index (Phi) is 2.23. The predicted octanol–water partition coefficient (Wildman–Crippen LogP) is 1.27. The summed E-state index contributed by atoms with van der Waals surface area (Å²) in [5.41, 5.74) is 9.43. The van der Waals surface area contributed by atoms with Gasteiger partial charge in [0.05, 0.1) is 5.92 Å². The Bertz CT molecular complexity index is 660. The average Bonchev–Trinajstić information content (AvgIpc) is 2.83. The molecule has 2 aliphatic rings. The number of carbonyl (C=O) groups excluding carboxylic acids is 1. The molecule has 1 fully saturated rings. The zero-order valence-electron chi connectivity index (χ0n) is 10.6. The summed E-state index contributed by atoms with van der Waals surface area (Å²) in [4.78, 5) is 14.8. The average molecular weight is 255 g/mol. The van der Waals surface area contributed by atoms with Crippen molar-refractivity contribution in [3.8, 4) is 0 Å².